The van der Waals surface area contributed by atoms with Crippen LogP contribution >= 0.6 is 11.6 Å². The van der Waals surface area contributed by atoms with Gasteiger partial charge in [0, 0.05) is 18.6 Å². The molecular weight excluding hydrogens is 459 g/mol. The maximum Gasteiger partial charge on any atom is 0.417 e. The van der Waals surface area contributed by atoms with E-state index in [0.29, 0.717) is 23.4 Å². The zero-order valence-corrected chi connectivity index (χ0v) is 17.4. The van der Waals surface area contributed by atoms with Crippen molar-refractivity contribution in [2.45, 2.75) is 6.18 Å². The number of hydrazine groups is 1. The van der Waals surface area contributed by atoms with Crippen molar-refractivity contribution in [3.05, 3.63) is 95.7 Å². The fourth-order valence-electron chi connectivity index (χ4n) is 2.86. The summed E-state index contributed by atoms with van der Waals surface area (Å²) in [7, 11) is 0. The van der Waals surface area contributed by atoms with Crippen LogP contribution in [0, 0.1) is 0 Å². The Bertz CT molecular complexity index is 1260. The Morgan fingerprint density at radius 2 is 1.82 bits per heavy atom. The molecule has 7 nitrogen and oxygen atoms in total. The minimum atomic E-state index is -4.57. The molecule has 3 heterocycles. The average molecular weight is 474 g/mol. The number of hydrogen-bond donors (Lipinski definition) is 2. The van der Waals surface area contributed by atoms with Gasteiger partial charge in [-0.1, -0.05) is 11.6 Å². The standard InChI is InChI=1S/C22H15ClF3N5O2/c23-18-11-14(22(24,25)26)12-28-20(18)31-10-2-4-19(31)21(32)30-29-15-5-7-16(8-6-15)33-17-3-1-9-27-13-17/h1-13,29H,(H,30,32). The number of nitrogens with one attached hydrogen (secondary N) is 2. The summed E-state index contributed by atoms with van der Waals surface area (Å²) < 4.78 is 45.5. The first-order valence-corrected chi connectivity index (χ1v) is 9.84. The highest BCUT2D eigenvalue weighted by Crippen LogP contribution is 2.32. The average Bonchev–Trinajstić information content (AvgIpc) is 3.28. The Morgan fingerprint density at radius 1 is 1.03 bits per heavy atom. The van der Waals surface area contributed by atoms with Gasteiger partial charge >= 0.3 is 6.18 Å². The van der Waals surface area contributed by atoms with Gasteiger partial charge in [0.15, 0.2) is 5.82 Å². The van der Waals surface area contributed by atoms with Crippen molar-refractivity contribution < 1.29 is 22.7 Å². The van der Waals surface area contributed by atoms with Gasteiger partial charge in [-0.15, -0.1) is 0 Å². The van der Waals surface area contributed by atoms with E-state index in [1.54, 1.807) is 54.9 Å². The number of rotatable bonds is 6. The summed E-state index contributed by atoms with van der Waals surface area (Å²) >= 11 is 6.00. The van der Waals surface area contributed by atoms with Crippen LogP contribution in [-0.2, 0) is 6.18 Å². The third-order valence-electron chi connectivity index (χ3n) is 4.40. The first kappa shape index (κ1) is 22.2. The number of ether oxygens (including phenoxy) is 1. The van der Waals surface area contributed by atoms with E-state index in [9.17, 15) is 18.0 Å². The number of anilines is 1. The number of carbonyl (C=O) groups is 1. The molecule has 0 bridgehead atoms. The molecule has 2 N–H and O–H groups in total. The number of alkyl halides is 3. The van der Waals surface area contributed by atoms with Gasteiger partial charge in [0.25, 0.3) is 5.91 Å². The molecule has 11 heteroatoms. The highest BCUT2D eigenvalue weighted by molar-refractivity contribution is 6.32. The molecule has 0 unspecified atom stereocenters. The predicted octanol–water partition coefficient (Wildman–Crippen LogP) is 5.49. The second-order valence-electron chi connectivity index (χ2n) is 6.68. The molecule has 0 aliphatic rings. The van der Waals surface area contributed by atoms with Crippen LogP contribution in [0.5, 0.6) is 11.5 Å². The van der Waals surface area contributed by atoms with Crippen LogP contribution in [-0.4, -0.2) is 20.4 Å². The zero-order chi connectivity index (χ0) is 23.4. The second-order valence-corrected chi connectivity index (χ2v) is 7.09. The molecule has 4 rings (SSSR count). The highest BCUT2D eigenvalue weighted by Gasteiger charge is 2.32. The number of benzene rings is 1. The van der Waals surface area contributed by atoms with Crippen molar-refractivity contribution in [3.8, 4) is 17.3 Å². The summed E-state index contributed by atoms with van der Waals surface area (Å²) in [5, 5.41) is -0.243. The zero-order valence-electron chi connectivity index (χ0n) is 16.7. The lowest BCUT2D eigenvalue weighted by Gasteiger charge is -2.13. The van der Waals surface area contributed by atoms with Gasteiger partial charge in [0.05, 0.1) is 22.5 Å². The number of halogens is 4. The largest absolute Gasteiger partial charge is 0.456 e. The van der Waals surface area contributed by atoms with Crippen molar-refractivity contribution in [1.29, 1.82) is 0 Å². The topological polar surface area (TPSA) is 81.1 Å². The Morgan fingerprint density at radius 3 is 2.48 bits per heavy atom. The van der Waals surface area contributed by atoms with Crippen molar-refractivity contribution in [1.82, 2.24) is 20.0 Å². The molecule has 0 atom stereocenters. The van der Waals surface area contributed by atoms with E-state index >= 15 is 0 Å². The molecule has 0 aliphatic heterocycles. The number of amides is 1. The molecule has 0 aliphatic carbocycles. The van der Waals surface area contributed by atoms with Crippen molar-refractivity contribution in [2.24, 2.45) is 0 Å². The molecule has 0 spiro atoms. The van der Waals surface area contributed by atoms with Crippen molar-refractivity contribution >= 4 is 23.2 Å². The Hall–Kier alpha value is -4.05. The number of nitrogens with zero attached hydrogens (tertiary/aromatic N) is 3. The predicted molar refractivity (Wildman–Crippen MR) is 115 cm³/mol. The van der Waals surface area contributed by atoms with Crippen LogP contribution < -0.4 is 15.6 Å². The van der Waals surface area contributed by atoms with E-state index in [1.165, 1.54) is 16.8 Å². The Balaban J connectivity index is 1.43. The summed E-state index contributed by atoms with van der Waals surface area (Å²) in [6.45, 7) is 0. The lowest BCUT2D eigenvalue weighted by atomic mass is 10.2. The summed E-state index contributed by atoms with van der Waals surface area (Å²) in [6.07, 6.45) is 0.783. The van der Waals surface area contributed by atoms with Gasteiger partial charge < -0.3 is 4.74 Å². The third-order valence-corrected chi connectivity index (χ3v) is 4.68. The van der Waals surface area contributed by atoms with Gasteiger partial charge in [-0.25, -0.2) is 4.98 Å². The molecule has 33 heavy (non-hydrogen) atoms. The van der Waals surface area contributed by atoms with Crippen molar-refractivity contribution in [2.75, 3.05) is 5.43 Å². The van der Waals surface area contributed by atoms with E-state index < -0.39 is 17.6 Å². The van der Waals surface area contributed by atoms with E-state index in [1.807, 2.05) is 0 Å². The summed E-state index contributed by atoms with van der Waals surface area (Å²) in [6, 6.07) is 14.1. The quantitative estimate of drug-likeness (QED) is 0.362. The number of pyridine rings is 2. The maximum absolute atomic E-state index is 12.9. The number of carbonyl (C=O) groups excluding carboxylic acids is 1. The van der Waals surface area contributed by atoms with Gasteiger partial charge in [0.2, 0.25) is 0 Å². The molecule has 0 saturated carbocycles. The molecule has 1 amide bonds. The summed E-state index contributed by atoms with van der Waals surface area (Å²) in [5.74, 6) is 0.616. The fraction of sp³-hybridized carbons (Fsp3) is 0.0455. The minimum absolute atomic E-state index is 0.00304. The van der Waals surface area contributed by atoms with E-state index in [0.717, 1.165) is 6.07 Å². The maximum atomic E-state index is 12.9. The van der Waals surface area contributed by atoms with Gasteiger partial charge in [-0.3, -0.25) is 25.2 Å². The molecular formula is C22H15ClF3N5O2. The second kappa shape index (κ2) is 9.21. The third kappa shape index (κ3) is 5.24. The molecule has 0 saturated heterocycles. The number of hydrogen-bond acceptors (Lipinski definition) is 5. The van der Waals surface area contributed by atoms with E-state index in [4.69, 9.17) is 16.3 Å². The Labute approximate surface area is 190 Å². The molecule has 4 aromatic rings. The summed E-state index contributed by atoms with van der Waals surface area (Å²) in [5.41, 5.74) is 5.00. The van der Waals surface area contributed by atoms with Crippen LogP contribution in [0.3, 0.4) is 0 Å². The lowest BCUT2D eigenvalue weighted by Crippen LogP contribution is -2.31. The molecule has 0 radical (unpaired) electrons. The first-order chi connectivity index (χ1) is 15.8. The number of aromatic nitrogens is 3. The molecule has 0 fully saturated rings. The van der Waals surface area contributed by atoms with Crippen LogP contribution in [0.25, 0.3) is 5.82 Å². The van der Waals surface area contributed by atoms with Gasteiger partial charge in [-0.05, 0) is 54.6 Å². The Kier molecular flexibility index (Phi) is 6.18. The highest BCUT2D eigenvalue weighted by atomic mass is 35.5. The van der Waals surface area contributed by atoms with Crippen molar-refractivity contribution in [3.63, 3.8) is 0 Å². The van der Waals surface area contributed by atoms with Crippen LogP contribution in [0.1, 0.15) is 16.1 Å². The first-order valence-electron chi connectivity index (χ1n) is 9.46. The van der Waals surface area contributed by atoms with Crippen LogP contribution in [0.4, 0.5) is 18.9 Å². The van der Waals surface area contributed by atoms with E-state index in [-0.39, 0.29) is 16.5 Å². The van der Waals surface area contributed by atoms with Gasteiger partial charge in [-0.2, -0.15) is 13.2 Å². The molecule has 3 aromatic heterocycles. The molecule has 1 aromatic carbocycles. The molecule has 168 valence electrons. The van der Waals surface area contributed by atoms with Crippen LogP contribution in [0.15, 0.2) is 79.4 Å². The minimum Gasteiger partial charge on any atom is -0.456 e. The van der Waals surface area contributed by atoms with E-state index in [2.05, 4.69) is 20.8 Å². The smallest absolute Gasteiger partial charge is 0.417 e. The fourth-order valence-corrected chi connectivity index (χ4v) is 3.11. The van der Waals surface area contributed by atoms with Crippen LogP contribution in [0.2, 0.25) is 5.02 Å². The normalized spacial score (nSPS) is 11.2. The van der Waals surface area contributed by atoms with Gasteiger partial charge in [0.1, 0.15) is 17.2 Å². The lowest BCUT2D eigenvalue weighted by molar-refractivity contribution is -0.137. The summed E-state index contributed by atoms with van der Waals surface area (Å²) in [4.78, 5) is 20.4. The SMILES string of the molecule is O=C(NNc1ccc(Oc2cccnc2)cc1)c1cccn1-c1ncc(C(F)(F)F)cc1Cl. The monoisotopic (exact) mass is 473 g/mol.